The average molecular weight is 388 g/mol. The fourth-order valence-corrected chi connectivity index (χ4v) is 3.61. The minimum absolute atomic E-state index is 0.581. The number of aromatic nitrogens is 1. The molecule has 2 N–H and O–H groups in total. The van der Waals surface area contributed by atoms with E-state index in [2.05, 4.69) is 52.8 Å². The minimum atomic E-state index is 0.581. The van der Waals surface area contributed by atoms with Gasteiger partial charge in [0.05, 0.1) is 27.0 Å². The molecule has 4 aromatic rings. The number of nitrogens with one attached hydrogen (secondary N) is 2. The number of hydrogen-bond donors (Lipinski definition) is 2. The zero-order valence-corrected chi connectivity index (χ0v) is 16.8. The van der Waals surface area contributed by atoms with Gasteiger partial charge in [-0.3, -0.25) is 0 Å². The van der Waals surface area contributed by atoms with E-state index in [1.54, 1.807) is 21.3 Å². The maximum absolute atomic E-state index is 5.47. The lowest BCUT2D eigenvalue weighted by atomic mass is 10.0. The summed E-state index contributed by atoms with van der Waals surface area (Å²) < 4.78 is 16.4. The second kappa shape index (κ2) is 8.19. The Morgan fingerprint density at radius 3 is 2.10 bits per heavy atom. The SMILES string of the molecule is COc1cc(NCc2c(-c3ccccc3)[nH]c3ccccc23)cc(OC)c1OC. The molecular formula is C24H24N2O3. The van der Waals surface area contributed by atoms with Crippen LogP contribution in [-0.4, -0.2) is 26.3 Å². The smallest absolute Gasteiger partial charge is 0.203 e. The first-order valence-electron chi connectivity index (χ1n) is 9.44. The molecule has 148 valence electrons. The monoisotopic (exact) mass is 388 g/mol. The van der Waals surface area contributed by atoms with Crippen LogP contribution < -0.4 is 19.5 Å². The van der Waals surface area contributed by atoms with Crippen LogP contribution in [0.25, 0.3) is 22.2 Å². The summed E-state index contributed by atoms with van der Waals surface area (Å²) in [7, 11) is 4.84. The number of aromatic amines is 1. The van der Waals surface area contributed by atoms with Gasteiger partial charge in [0.15, 0.2) is 11.5 Å². The Morgan fingerprint density at radius 1 is 0.793 bits per heavy atom. The fraction of sp³-hybridized carbons (Fsp3) is 0.167. The number of hydrogen-bond acceptors (Lipinski definition) is 4. The van der Waals surface area contributed by atoms with Crippen LogP contribution >= 0.6 is 0 Å². The van der Waals surface area contributed by atoms with Gasteiger partial charge in [-0.15, -0.1) is 0 Å². The highest BCUT2D eigenvalue weighted by Gasteiger charge is 2.15. The fourth-order valence-electron chi connectivity index (χ4n) is 3.61. The highest BCUT2D eigenvalue weighted by molar-refractivity contribution is 5.91. The molecule has 0 bridgehead atoms. The Kier molecular flexibility index (Phi) is 5.29. The molecule has 4 rings (SSSR count). The molecule has 0 saturated heterocycles. The van der Waals surface area contributed by atoms with E-state index in [0.717, 1.165) is 22.5 Å². The van der Waals surface area contributed by atoms with Crippen molar-refractivity contribution in [1.82, 2.24) is 4.98 Å². The van der Waals surface area contributed by atoms with E-state index in [-0.39, 0.29) is 0 Å². The maximum atomic E-state index is 5.47. The largest absolute Gasteiger partial charge is 0.493 e. The molecule has 0 fully saturated rings. The Bertz CT molecular complexity index is 1090. The lowest BCUT2D eigenvalue weighted by molar-refractivity contribution is 0.324. The van der Waals surface area contributed by atoms with Gasteiger partial charge >= 0.3 is 0 Å². The van der Waals surface area contributed by atoms with E-state index in [1.165, 1.54) is 10.9 Å². The standard InChI is InChI=1S/C24H24N2O3/c1-27-21-13-17(14-22(28-2)24(21)29-3)25-15-19-18-11-7-8-12-20(18)26-23(19)16-9-5-4-6-10-16/h4-14,25-26H,15H2,1-3H3. The summed E-state index contributed by atoms with van der Waals surface area (Å²) in [4.78, 5) is 3.57. The zero-order chi connectivity index (χ0) is 20.2. The van der Waals surface area contributed by atoms with E-state index < -0.39 is 0 Å². The molecule has 0 aliphatic carbocycles. The van der Waals surface area contributed by atoms with E-state index in [0.29, 0.717) is 23.8 Å². The number of H-pyrrole nitrogens is 1. The molecule has 1 heterocycles. The number of anilines is 1. The predicted octanol–water partition coefficient (Wildman–Crippen LogP) is 5.47. The molecule has 3 aromatic carbocycles. The molecule has 0 aliphatic heterocycles. The third-order valence-electron chi connectivity index (χ3n) is 5.01. The van der Waals surface area contributed by atoms with Crippen LogP contribution in [0.15, 0.2) is 66.7 Å². The summed E-state index contributed by atoms with van der Waals surface area (Å²) in [6.45, 7) is 0.646. The first kappa shape index (κ1) is 18.7. The van der Waals surface area contributed by atoms with E-state index in [4.69, 9.17) is 14.2 Å². The van der Waals surface area contributed by atoms with Gasteiger partial charge in [-0.2, -0.15) is 0 Å². The molecule has 0 radical (unpaired) electrons. The van der Waals surface area contributed by atoms with Gasteiger partial charge in [-0.25, -0.2) is 0 Å². The van der Waals surface area contributed by atoms with E-state index >= 15 is 0 Å². The Morgan fingerprint density at radius 2 is 1.45 bits per heavy atom. The van der Waals surface area contributed by atoms with Crippen molar-refractivity contribution in [1.29, 1.82) is 0 Å². The third kappa shape index (κ3) is 3.59. The zero-order valence-electron chi connectivity index (χ0n) is 16.8. The Balaban J connectivity index is 1.72. The van der Waals surface area contributed by atoms with Crippen LogP contribution in [0.5, 0.6) is 17.2 Å². The average Bonchev–Trinajstić information content (AvgIpc) is 3.16. The van der Waals surface area contributed by atoms with Gasteiger partial charge < -0.3 is 24.5 Å². The lowest BCUT2D eigenvalue weighted by Crippen LogP contribution is -2.02. The highest BCUT2D eigenvalue weighted by Crippen LogP contribution is 2.40. The quantitative estimate of drug-likeness (QED) is 0.441. The van der Waals surface area contributed by atoms with Crippen LogP contribution in [0.3, 0.4) is 0 Å². The second-order valence-corrected chi connectivity index (χ2v) is 6.66. The maximum Gasteiger partial charge on any atom is 0.203 e. The van der Waals surface area contributed by atoms with Crippen molar-refractivity contribution in [2.24, 2.45) is 0 Å². The van der Waals surface area contributed by atoms with Crippen LogP contribution in [0.4, 0.5) is 5.69 Å². The predicted molar refractivity (Wildman–Crippen MR) is 117 cm³/mol. The number of ether oxygens (including phenoxy) is 3. The van der Waals surface area contributed by atoms with Gasteiger partial charge in [-0.1, -0.05) is 48.5 Å². The Labute approximate surface area is 170 Å². The lowest BCUT2D eigenvalue weighted by Gasteiger charge is -2.15. The van der Waals surface area contributed by atoms with Crippen molar-refractivity contribution in [2.75, 3.05) is 26.6 Å². The topological polar surface area (TPSA) is 55.5 Å². The van der Waals surface area contributed by atoms with Crippen LogP contribution in [-0.2, 0) is 6.54 Å². The summed E-state index contributed by atoms with van der Waals surface area (Å²) in [5, 5.41) is 4.71. The molecule has 1 aromatic heterocycles. The van der Waals surface area contributed by atoms with Crippen LogP contribution in [0.2, 0.25) is 0 Å². The van der Waals surface area contributed by atoms with Gasteiger partial charge in [0.25, 0.3) is 0 Å². The van der Waals surface area contributed by atoms with E-state index in [9.17, 15) is 0 Å². The van der Waals surface area contributed by atoms with Crippen molar-refractivity contribution >= 4 is 16.6 Å². The normalized spacial score (nSPS) is 10.7. The van der Waals surface area contributed by atoms with Crippen molar-refractivity contribution < 1.29 is 14.2 Å². The number of para-hydroxylation sites is 1. The van der Waals surface area contributed by atoms with Crippen molar-refractivity contribution in [3.63, 3.8) is 0 Å². The third-order valence-corrected chi connectivity index (χ3v) is 5.01. The first-order valence-corrected chi connectivity index (χ1v) is 9.44. The second-order valence-electron chi connectivity index (χ2n) is 6.66. The summed E-state index contributed by atoms with van der Waals surface area (Å²) >= 11 is 0. The van der Waals surface area contributed by atoms with Gasteiger partial charge in [0, 0.05) is 40.8 Å². The van der Waals surface area contributed by atoms with Crippen LogP contribution in [0, 0.1) is 0 Å². The molecule has 0 spiro atoms. The number of methoxy groups -OCH3 is 3. The highest BCUT2D eigenvalue weighted by atomic mass is 16.5. The molecule has 0 aliphatic rings. The van der Waals surface area contributed by atoms with Gasteiger partial charge in [-0.05, 0) is 11.6 Å². The van der Waals surface area contributed by atoms with E-state index in [1.807, 2.05) is 24.3 Å². The minimum Gasteiger partial charge on any atom is -0.493 e. The number of benzene rings is 3. The van der Waals surface area contributed by atoms with Crippen LogP contribution in [0.1, 0.15) is 5.56 Å². The molecule has 29 heavy (non-hydrogen) atoms. The molecular weight excluding hydrogens is 364 g/mol. The molecule has 0 amide bonds. The van der Waals surface area contributed by atoms with Crippen molar-refractivity contribution in [3.8, 4) is 28.5 Å². The molecule has 0 saturated carbocycles. The Hall–Kier alpha value is -3.60. The first-order chi connectivity index (χ1) is 14.2. The molecule has 0 atom stereocenters. The molecule has 5 nitrogen and oxygen atoms in total. The number of fused-ring (bicyclic) bond motifs is 1. The molecule has 0 unspecified atom stereocenters. The molecule has 5 heteroatoms. The van der Waals surface area contributed by atoms with Crippen molar-refractivity contribution in [3.05, 3.63) is 72.3 Å². The summed E-state index contributed by atoms with van der Waals surface area (Å²) in [5.41, 5.74) is 5.49. The van der Waals surface area contributed by atoms with Gasteiger partial charge in [0.2, 0.25) is 5.75 Å². The summed E-state index contributed by atoms with van der Waals surface area (Å²) in [6, 6.07) is 22.6. The summed E-state index contributed by atoms with van der Waals surface area (Å²) in [6.07, 6.45) is 0. The van der Waals surface area contributed by atoms with Gasteiger partial charge in [0.1, 0.15) is 0 Å². The summed E-state index contributed by atoms with van der Waals surface area (Å²) in [5.74, 6) is 1.82. The van der Waals surface area contributed by atoms with Crippen molar-refractivity contribution in [2.45, 2.75) is 6.54 Å². The number of rotatable bonds is 7.